The van der Waals surface area contributed by atoms with Crippen LogP contribution in [0.1, 0.15) is 20.3 Å². The van der Waals surface area contributed by atoms with Crippen LogP contribution in [-0.4, -0.2) is 24.6 Å². The van der Waals surface area contributed by atoms with E-state index in [1.54, 1.807) is 6.92 Å². The molecule has 0 aromatic heterocycles. The lowest BCUT2D eigenvalue weighted by atomic mass is 10.3. The van der Waals surface area contributed by atoms with E-state index in [9.17, 15) is 9.59 Å². The maximum atomic E-state index is 10.6. The van der Waals surface area contributed by atoms with Gasteiger partial charge in [0.15, 0.2) is 0 Å². The van der Waals surface area contributed by atoms with Crippen LogP contribution in [0.25, 0.3) is 0 Å². The molecule has 0 aromatic carbocycles. The largest absolute Gasteiger partial charge is 0.463 e. The minimum Gasteiger partial charge on any atom is -0.463 e. The number of esters is 2. The summed E-state index contributed by atoms with van der Waals surface area (Å²) < 4.78 is 9.50. The second-order valence-corrected chi connectivity index (χ2v) is 2.58. The molecular formula is C9H14O4. The van der Waals surface area contributed by atoms with Gasteiger partial charge in [-0.2, -0.15) is 0 Å². The first kappa shape index (κ1) is 11.7. The van der Waals surface area contributed by atoms with Crippen molar-refractivity contribution in [3.05, 3.63) is 12.7 Å². The summed E-state index contributed by atoms with van der Waals surface area (Å²) in [5.74, 6) is -0.794. The predicted octanol–water partition coefficient (Wildman–Crippen LogP) is 1.06. The summed E-state index contributed by atoms with van der Waals surface area (Å²) in [7, 11) is 0. The highest BCUT2D eigenvalue weighted by molar-refractivity contribution is 5.81. The molecule has 0 heterocycles. The van der Waals surface area contributed by atoms with Gasteiger partial charge in [-0.05, 0) is 6.92 Å². The SMILES string of the molecule is C=CC(=O)OCCC(C)OC(C)=O. The minimum atomic E-state index is -0.463. The molecule has 0 radical (unpaired) electrons. The van der Waals surface area contributed by atoms with Crippen molar-refractivity contribution >= 4 is 11.9 Å². The molecular weight excluding hydrogens is 172 g/mol. The molecule has 0 aliphatic rings. The molecule has 0 spiro atoms. The Labute approximate surface area is 77.5 Å². The zero-order valence-electron chi connectivity index (χ0n) is 7.91. The molecule has 0 fully saturated rings. The van der Waals surface area contributed by atoms with Gasteiger partial charge in [0.05, 0.1) is 6.61 Å². The third-order valence-corrected chi connectivity index (χ3v) is 1.30. The number of carbonyl (C=O) groups excluding carboxylic acids is 2. The molecule has 0 rings (SSSR count). The Kier molecular flexibility index (Phi) is 5.59. The molecule has 4 heteroatoms. The van der Waals surface area contributed by atoms with Crippen LogP contribution in [0.15, 0.2) is 12.7 Å². The second-order valence-electron chi connectivity index (χ2n) is 2.58. The van der Waals surface area contributed by atoms with Gasteiger partial charge in [-0.15, -0.1) is 0 Å². The maximum absolute atomic E-state index is 10.6. The van der Waals surface area contributed by atoms with Crippen molar-refractivity contribution in [2.45, 2.75) is 26.4 Å². The molecule has 1 unspecified atom stereocenters. The fourth-order valence-electron chi connectivity index (χ4n) is 0.727. The first-order valence-corrected chi connectivity index (χ1v) is 4.02. The molecule has 0 aliphatic carbocycles. The Morgan fingerprint density at radius 3 is 2.62 bits per heavy atom. The summed E-state index contributed by atoms with van der Waals surface area (Å²) in [5.41, 5.74) is 0. The van der Waals surface area contributed by atoms with E-state index >= 15 is 0 Å². The van der Waals surface area contributed by atoms with Gasteiger partial charge in [-0.25, -0.2) is 4.79 Å². The summed E-state index contributed by atoms with van der Waals surface area (Å²) in [4.78, 5) is 21.0. The van der Waals surface area contributed by atoms with Gasteiger partial charge in [-0.3, -0.25) is 4.79 Å². The molecule has 0 saturated heterocycles. The predicted molar refractivity (Wildman–Crippen MR) is 47.0 cm³/mol. The zero-order valence-corrected chi connectivity index (χ0v) is 7.91. The van der Waals surface area contributed by atoms with E-state index in [4.69, 9.17) is 9.47 Å². The van der Waals surface area contributed by atoms with Crippen LogP contribution in [0.4, 0.5) is 0 Å². The Hall–Kier alpha value is -1.32. The number of carbonyl (C=O) groups is 2. The molecule has 74 valence electrons. The van der Waals surface area contributed by atoms with Gasteiger partial charge in [0.2, 0.25) is 0 Å². The van der Waals surface area contributed by atoms with Crippen LogP contribution >= 0.6 is 0 Å². The summed E-state index contributed by atoms with van der Waals surface area (Å²) in [6.07, 6.45) is 1.37. The topological polar surface area (TPSA) is 52.6 Å². The third-order valence-electron chi connectivity index (χ3n) is 1.30. The van der Waals surface area contributed by atoms with Gasteiger partial charge in [-0.1, -0.05) is 6.58 Å². The van der Waals surface area contributed by atoms with E-state index in [-0.39, 0.29) is 18.7 Å². The van der Waals surface area contributed by atoms with Crippen LogP contribution < -0.4 is 0 Å². The molecule has 0 N–H and O–H groups in total. The monoisotopic (exact) mass is 186 g/mol. The quantitative estimate of drug-likeness (QED) is 0.476. The van der Waals surface area contributed by atoms with Crippen molar-refractivity contribution in [2.24, 2.45) is 0 Å². The normalized spacial score (nSPS) is 11.5. The smallest absolute Gasteiger partial charge is 0.330 e. The number of hydrogen-bond donors (Lipinski definition) is 0. The first-order chi connectivity index (χ1) is 6.06. The Balaban J connectivity index is 3.47. The molecule has 1 atom stereocenters. The Morgan fingerprint density at radius 1 is 1.54 bits per heavy atom. The van der Waals surface area contributed by atoms with E-state index in [0.29, 0.717) is 6.42 Å². The maximum Gasteiger partial charge on any atom is 0.330 e. The summed E-state index contributed by atoms with van der Waals surface area (Å²) >= 11 is 0. The van der Waals surface area contributed by atoms with Crippen molar-refractivity contribution in [1.82, 2.24) is 0 Å². The van der Waals surface area contributed by atoms with Crippen LogP contribution in [-0.2, 0) is 19.1 Å². The Bertz CT molecular complexity index is 198. The average Bonchev–Trinajstić information content (AvgIpc) is 2.02. The summed E-state index contributed by atoms with van der Waals surface area (Å²) in [6, 6.07) is 0. The van der Waals surface area contributed by atoms with E-state index in [2.05, 4.69) is 6.58 Å². The van der Waals surface area contributed by atoms with Crippen LogP contribution in [0.2, 0.25) is 0 Å². The van der Waals surface area contributed by atoms with Gasteiger partial charge in [0.25, 0.3) is 0 Å². The van der Waals surface area contributed by atoms with Crippen molar-refractivity contribution in [3.63, 3.8) is 0 Å². The van der Waals surface area contributed by atoms with Crippen LogP contribution in [0.5, 0.6) is 0 Å². The number of rotatable bonds is 5. The van der Waals surface area contributed by atoms with Gasteiger partial charge in [0.1, 0.15) is 6.10 Å². The van der Waals surface area contributed by atoms with Crippen molar-refractivity contribution in [2.75, 3.05) is 6.61 Å². The van der Waals surface area contributed by atoms with Crippen LogP contribution in [0.3, 0.4) is 0 Å². The fraction of sp³-hybridized carbons (Fsp3) is 0.556. The van der Waals surface area contributed by atoms with Gasteiger partial charge < -0.3 is 9.47 Å². The third kappa shape index (κ3) is 7.05. The van der Waals surface area contributed by atoms with Gasteiger partial charge >= 0.3 is 11.9 Å². The van der Waals surface area contributed by atoms with E-state index in [1.807, 2.05) is 0 Å². The fourth-order valence-corrected chi connectivity index (χ4v) is 0.727. The van der Waals surface area contributed by atoms with E-state index in [0.717, 1.165) is 6.08 Å². The summed E-state index contributed by atoms with van der Waals surface area (Å²) in [5, 5.41) is 0. The average molecular weight is 186 g/mol. The lowest BCUT2D eigenvalue weighted by Gasteiger charge is -2.10. The number of hydrogen-bond acceptors (Lipinski definition) is 4. The van der Waals surface area contributed by atoms with Crippen molar-refractivity contribution in [3.8, 4) is 0 Å². The summed E-state index contributed by atoms with van der Waals surface area (Å²) in [6.45, 7) is 6.56. The highest BCUT2D eigenvalue weighted by Crippen LogP contribution is 1.98. The van der Waals surface area contributed by atoms with Crippen molar-refractivity contribution in [1.29, 1.82) is 0 Å². The molecule has 0 aromatic rings. The Morgan fingerprint density at radius 2 is 2.15 bits per heavy atom. The van der Waals surface area contributed by atoms with Gasteiger partial charge in [0, 0.05) is 19.4 Å². The highest BCUT2D eigenvalue weighted by atomic mass is 16.6. The van der Waals surface area contributed by atoms with Crippen LogP contribution in [0, 0.1) is 0 Å². The minimum absolute atomic E-state index is 0.227. The molecule has 4 nitrogen and oxygen atoms in total. The molecule has 0 saturated carbocycles. The lowest BCUT2D eigenvalue weighted by molar-refractivity contribution is -0.147. The molecule has 0 aliphatic heterocycles. The van der Waals surface area contributed by atoms with E-state index in [1.165, 1.54) is 6.92 Å². The van der Waals surface area contributed by atoms with Crippen molar-refractivity contribution < 1.29 is 19.1 Å². The molecule has 0 amide bonds. The molecule has 13 heavy (non-hydrogen) atoms. The first-order valence-electron chi connectivity index (χ1n) is 4.02. The molecule has 0 bridgehead atoms. The second kappa shape index (κ2) is 6.22. The highest BCUT2D eigenvalue weighted by Gasteiger charge is 2.05. The lowest BCUT2D eigenvalue weighted by Crippen LogP contribution is -2.15. The standard InChI is InChI=1S/C9H14O4/c1-4-9(11)12-6-5-7(2)13-8(3)10/h4,7H,1,5-6H2,2-3H3. The van der Waals surface area contributed by atoms with E-state index < -0.39 is 5.97 Å². The zero-order chi connectivity index (χ0) is 10.3. The number of ether oxygens (including phenoxy) is 2.